The van der Waals surface area contributed by atoms with Gasteiger partial charge < -0.3 is 14.5 Å². The number of carbonyl (C=O) groups excluding carboxylic acids is 2. The summed E-state index contributed by atoms with van der Waals surface area (Å²) in [5.74, 6) is 1.05. The molecule has 2 aliphatic heterocycles. The topological polar surface area (TPSA) is 92.5 Å². The number of benzene rings is 3. The molecular weight excluding hydrogens is 647 g/mol. The fourth-order valence-electron chi connectivity index (χ4n) is 5.87. The zero-order chi connectivity index (χ0) is 33.9. The van der Waals surface area contributed by atoms with Gasteiger partial charge in [0.05, 0.1) is 36.2 Å². The summed E-state index contributed by atoms with van der Waals surface area (Å²) in [6, 6.07) is 21.9. The summed E-state index contributed by atoms with van der Waals surface area (Å²) >= 11 is 12.6. The number of nitriles is 1. The molecule has 254 valence electrons. The Morgan fingerprint density at radius 2 is 1.54 bits per heavy atom. The van der Waals surface area contributed by atoms with E-state index in [1.165, 1.54) is 0 Å². The number of amides is 3. The molecule has 11 heteroatoms. The predicted molar refractivity (Wildman–Crippen MR) is 192 cm³/mol. The fraction of sp³-hybridized carbons (Fsp3) is 0.405. The molecule has 1 saturated heterocycles. The second kappa shape index (κ2) is 15.4. The van der Waals surface area contributed by atoms with Crippen LogP contribution in [0.1, 0.15) is 62.5 Å². The van der Waals surface area contributed by atoms with Crippen molar-refractivity contribution >= 4 is 41.0 Å². The van der Waals surface area contributed by atoms with E-state index in [0.717, 1.165) is 16.7 Å². The zero-order valence-corrected chi connectivity index (χ0v) is 28.9. The predicted octanol–water partition coefficient (Wildman–Crippen LogP) is 7.20. The van der Waals surface area contributed by atoms with Crippen LogP contribution in [0.5, 0.6) is 5.75 Å². The molecule has 3 amide bonds. The van der Waals surface area contributed by atoms with Gasteiger partial charge in [-0.15, -0.1) is 0 Å². The van der Waals surface area contributed by atoms with Crippen LogP contribution in [0.2, 0.25) is 10.0 Å². The van der Waals surface area contributed by atoms with Crippen molar-refractivity contribution in [3.05, 3.63) is 99.0 Å². The number of ether oxygens (including phenoxy) is 1. The third kappa shape index (κ3) is 7.78. The van der Waals surface area contributed by atoms with Crippen LogP contribution in [0, 0.1) is 11.3 Å². The molecule has 0 radical (unpaired) electrons. The monoisotopic (exact) mass is 690 g/mol. The van der Waals surface area contributed by atoms with Crippen LogP contribution in [-0.4, -0.2) is 90.8 Å². The summed E-state index contributed by atoms with van der Waals surface area (Å²) in [4.78, 5) is 39.7. The number of carbonyl (C=O) groups is 2. The first-order chi connectivity index (χ1) is 22.4. The van der Waals surface area contributed by atoms with E-state index in [4.69, 9.17) is 32.9 Å². The van der Waals surface area contributed by atoms with Crippen molar-refractivity contribution in [2.24, 2.45) is 4.99 Å². The van der Waals surface area contributed by atoms with Crippen molar-refractivity contribution in [3.8, 4) is 11.8 Å². The van der Waals surface area contributed by atoms with Crippen molar-refractivity contribution in [1.29, 1.82) is 5.26 Å². The molecule has 2 atom stereocenters. The summed E-state index contributed by atoms with van der Waals surface area (Å²) in [6.45, 7) is 8.36. The maximum Gasteiger partial charge on any atom is 0.326 e. The van der Waals surface area contributed by atoms with Gasteiger partial charge >= 0.3 is 6.03 Å². The minimum Gasteiger partial charge on any atom is -0.493 e. The molecule has 0 saturated carbocycles. The number of nitrogens with zero attached hydrogens (tertiary/aromatic N) is 6. The Balaban J connectivity index is 0.00000520. The number of halogens is 2. The molecule has 1 fully saturated rings. The van der Waals surface area contributed by atoms with E-state index < -0.39 is 17.5 Å². The molecule has 2 aliphatic rings. The van der Waals surface area contributed by atoms with Gasteiger partial charge in [0.15, 0.2) is 0 Å². The molecule has 2 heterocycles. The van der Waals surface area contributed by atoms with Crippen LogP contribution < -0.4 is 4.74 Å². The highest BCUT2D eigenvalue weighted by molar-refractivity contribution is 6.30. The summed E-state index contributed by atoms with van der Waals surface area (Å²) < 4.78 is 6.17. The van der Waals surface area contributed by atoms with Gasteiger partial charge in [-0.2, -0.15) is 5.26 Å². The Bertz CT molecular complexity index is 1680. The van der Waals surface area contributed by atoms with Crippen molar-refractivity contribution in [3.63, 3.8) is 0 Å². The van der Waals surface area contributed by atoms with Crippen LogP contribution >= 0.6 is 23.2 Å². The minimum absolute atomic E-state index is 0. The molecule has 48 heavy (non-hydrogen) atoms. The quantitative estimate of drug-likeness (QED) is 0.249. The van der Waals surface area contributed by atoms with Crippen LogP contribution in [0.15, 0.2) is 71.7 Å². The molecule has 5 rings (SSSR count). The lowest BCUT2D eigenvalue weighted by molar-refractivity contribution is -0.130. The number of amidine groups is 1. The van der Waals surface area contributed by atoms with Crippen molar-refractivity contribution < 1.29 is 14.3 Å². The lowest BCUT2D eigenvalue weighted by Crippen LogP contribution is -2.55. The van der Waals surface area contributed by atoms with Gasteiger partial charge in [-0.25, -0.2) is 4.79 Å². The minimum atomic E-state index is -0.747. The highest BCUT2D eigenvalue weighted by Crippen LogP contribution is 2.46. The molecule has 0 N–H and O–H groups in total. The van der Waals surface area contributed by atoms with Crippen LogP contribution in [0.3, 0.4) is 0 Å². The van der Waals surface area contributed by atoms with Gasteiger partial charge in [-0.1, -0.05) is 61.0 Å². The number of piperazine rings is 1. The third-order valence-electron chi connectivity index (χ3n) is 8.72. The maximum absolute atomic E-state index is 14.8. The van der Waals surface area contributed by atoms with Crippen LogP contribution in [-0.2, 0) is 10.2 Å². The van der Waals surface area contributed by atoms with E-state index in [1.54, 1.807) is 23.9 Å². The highest BCUT2D eigenvalue weighted by atomic mass is 35.5. The smallest absolute Gasteiger partial charge is 0.326 e. The Kier molecular flexibility index (Phi) is 11.8. The van der Waals surface area contributed by atoms with Crippen LogP contribution in [0.25, 0.3) is 0 Å². The first-order valence-electron chi connectivity index (χ1n) is 15.7. The first-order valence-corrected chi connectivity index (χ1v) is 16.5. The van der Waals surface area contributed by atoms with E-state index in [2.05, 4.69) is 11.0 Å². The summed E-state index contributed by atoms with van der Waals surface area (Å²) in [7, 11) is 3.49. The Labute approximate surface area is 294 Å². The Hall–Kier alpha value is -4.10. The van der Waals surface area contributed by atoms with Gasteiger partial charge in [0.2, 0.25) is 5.91 Å². The average molecular weight is 692 g/mol. The molecule has 3 aromatic carbocycles. The number of urea groups is 1. The number of hydrogen-bond donors (Lipinski definition) is 0. The molecule has 9 nitrogen and oxygen atoms in total. The van der Waals surface area contributed by atoms with Gasteiger partial charge in [0.25, 0.3) is 0 Å². The van der Waals surface area contributed by atoms with Gasteiger partial charge in [0, 0.05) is 50.3 Å². The SMILES string of the molecule is C.CCOc1cc(C(C)(C)C#N)ccc1C1=N[C@@H](c2ccc(Cl)cc2)[C@@H](c2ccc(Cl)cc2)N1C(=O)N1CCN(CC(=O)N(C)C)CC1. The Morgan fingerprint density at radius 3 is 2.08 bits per heavy atom. The molecule has 0 spiro atoms. The van der Waals surface area contributed by atoms with Crippen molar-refractivity contribution in [2.75, 3.05) is 53.4 Å². The van der Waals surface area contributed by atoms with E-state index in [-0.39, 0.29) is 19.4 Å². The van der Waals surface area contributed by atoms with E-state index in [9.17, 15) is 14.9 Å². The fourth-order valence-corrected chi connectivity index (χ4v) is 6.12. The summed E-state index contributed by atoms with van der Waals surface area (Å²) in [5.41, 5.74) is 2.48. The lowest BCUT2D eigenvalue weighted by Gasteiger charge is -2.39. The normalized spacial score (nSPS) is 18.1. The number of likely N-dealkylation sites (N-methyl/N-ethyl adjacent to an activating group) is 1. The van der Waals surface area contributed by atoms with E-state index >= 15 is 0 Å². The molecule has 0 unspecified atom stereocenters. The Morgan fingerprint density at radius 1 is 0.958 bits per heavy atom. The second-order valence-corrected chi connectivity index (χ2v) is 13.4. The van der Waals surface area contributed by atoms with Gasteiger partial charge in [0.1, 0.15) is 17.6 Å². The second-order valence-electron chi connectivity index (χ2n) is 12.5. The van der Waals surface area contributed by atoms with Gasteiger partial charge in [-0.05, 0) is 73.9 Å². The third-order valence-corrected chi connectivity index (χ3v) is 9.22. The van der Waals surface area contributed by atoms with E-state index in [0.29, 0.717) is 66.5 Å². The first kappa shape index (κ1) is 36.7. The highest BCUT2D eigenvalue weighted by Gasteiger charge is 2.45. The largest absolute Gasteiger partial charge is 0.493 e. The molecule has 3 aromatic rings. The molecular formula is C37H44Cl2N6O3. The summed E-state index contributed by atoms with van der Waals surface area (Å²) in [6.07, 6.45) is 0. The standard InChI is InChI=1S/C36H40Cl2N6O3.CH4/c1-6-47-30-21-26(36(2,3)23-39)11-16-29(30)34-40-32(24-7-12-27(37)13-8-24)33(25-9-14-28(38)15-10-25)44(34)35(46)43-19-17-42(18-20-43)22-31(45)41(4)5;/h7-16,21,32-33H,6,17-20,22H2,1-5H3;1H4/t32-,33+;/m0./s1. The van der Waals surface area contributed by atoms with Crippen LogP contribution in [0.4, 0.5) is 4.79 Å². The van der Waals surface area contributed by atoms with Crippen molar-refractivity contribution in [1.82, 2.24) is 19.6 Å². The maximum atomic E-state index is 14.8. The van der Waals surface area contributed by atoms with Gasteiger partial charge in [-0.3, -0.25) is 19.6 Å². The zero-order valence-electron chi connectivity index (χ0n) is 27.4. The lowest BCUT2D eigenvalue weighted by atomic mass is 9.85. The van der Waals surface area contributed by atoms with Crippen molar-refractivity contribution in [2.45, 2.75) is 45.7 Å². The molecule has 0 aliphatic carbocycles. The molecule has 0 aromatic heterocycles. The molecule has 0 bridgehead atoms. The number of hydrogen-bond acceptors (Lipinski definition) is 6. The number of aliphatic imine (C=N–C) groups is 1. The summed E-state index contributed by atoms with van der Waals surface area (Å²) in [5, 5.41) is 11.0. The number of rotatable bonds is 8. The average Bonchev–Trinajstić information content (AvgIpc) is 3.45. The van der Waals surface area contributed by atoms with E-state index in [1.807, 2.05) is 92.4 Å².